The number of hydrogen-bond acceptors (Lipinski definition) is 4. The minimum Gasteiger partial charge on any atom is -0.493 e. The molecule has 0 fully saturated rings. The van der Waals surface area contributed by atoms with Gasteiger partial charge < -0.3 is 20.4 Å². The third-order valence-electron chi connectivity index (χ3n) is 3.11. The van der Waals surface area contributed by atoms with Crippen molar-refractivity contribution in [1.29, 1.82) is 0 Å². The van der Waals surface area contributed by atoms with Crippen LogP contribution in [-0.4, -0.2) is 30.4 Å². The molecule has 5 heteroatoms. The quantitative estimate of drug-likeness (QED) is 0.358. The van der Waals surface area contributed by atoms with Gasteiger partial charge >= 0.3 is 0 Å². The van der Waals surface area contributed by atoms with Crippen molar-refractivity contribution in [2.75, 3.05) is 13.7 Å². The van der Waals surface area contributed by atoms with Gasteiger partial charge in [-0.15, -0.1) is 0 Å². The molecule has 19 heavy (non-hydrogen) atoms. The number of nitrogens with two attached hydrogens (primary N) is 1. The van der Waals surface area contributed by atoms with Crippen molar-refractivity contribution < 1.29 is 14.7 Å². The summed E-state index contributed by atoms with van der Waals surface area (Å²) in [6.45, 7) is 6.49. The van der Waals surface area contributed by atoms with Crippen molar-refractivity contribution in [1.82, 2.24) is 0 Å². The van der Waals surface area contributed by atoms with Gasteiger partial charge in [-0.1, -0.05) is 5.16 Å². The van der Waals surface area contributed by atoms with Gasteiger partial charge in [0.25, 0.3) is 0 Å². The van der Waals surface area contributed by atoms with E-state index in [-0.39, 0.29) is 11.4 Å². The topological polar surface area (TPSA) is 77.1 Å². The van der Waals surface area contributed by atoms with Gasteiger partial charge in [-0.05, 0) is 44.5 Å². The number of benzene rings is 1. The van der Waals surface area contributed by atoms with Gasteiger partial charge in [-0.2, -0.15) is 0 Å². The van der Waals surface area contributed by atoms with Crippen LogP contribution in [0.4, 0.5) is 0 Å². The Morgan fingerprint density at radius 3 is 2.63 bits per heavy atom. The second-order valence-electron chi connectivity index (χ2n) is 5.02. The summed E-state index contributed by atoms with van der Waals surface area (Å²) in [7, 11) is 1.69. The van der Waals surface area contributed by atoms with E-state index in [1.807, 2.05) is 26.8 Å². The zero-order valence-electron chi connectivity index (χ0n) is 11.9. The fourth-order valence-electron chi connectivity index (χ4n) is 1.58. The van der Waals surface area contributed by atoms with Crippen LogP contribution in [-0.2, 0) is 4.74 Å². The van der Waals surface area contributed by atoms with Crippen molar-refractivity contribution >= 4 is 5.84 Å². The number of nitrogens with zero attached hydrogens (tertiary/aromatic N) is 1. The first kappa shape index (κ1) is 15.3. The van der Waals surface area contributed by atoms with Gasteiger partial charge in [0.2, 0.25) is 0 Å². The molecule has 0 bridgehead atoms. The van der Waals surface area contributed by atoms with E-state index in [0.717, 1.165) is 17.7 Å². The third-order valence-corrected chi connectivity index (χ3v) is 3.11. The highest BCUT2D eigenvalue weighted by atomic mass is 16.5. The number of hydrogen-bond donors (Lipinski definition) is 2. The summed E-state index contributed by atoms with van der Waals surface area (Å²) in [5.74, 6) is 0.864. The lowest BCUT2D eigenvalue weighted by Gasteiger charge is -2.22. The maximum atomic E-state index is 8.66. The Kier molecular flexibility index (Phi) is 5.18. The fraction of sp³-hybridized carbons (Fsp3) is 0.500. The van der Waals surface area contributed by atoms with Crippen molar-refractivity contribution in [3.05, 3.63) is 29.3 Å². The van der Waals surface area contributed by atoms with Crippen LogP contribution in [0.15, 0.2) is 23.4 Å². The van der Waals surface area contributed by atoms with E-state index in [9.17, 15) is 0 Å². The van der Waals surface area contributed by atoms with Crippen molar-refractivity contribution in [3.63, 3.8) is 0 Å². The minimum atomic E-state index is -0.192. The minimum absolute atomic E-state index is 0.101. The van der Waals surface area contributed by atoms with E-state index in [1.165, 1.54) is 0 Å². The SMILES string of the molecule is COC(C)(C)CCOc1ccc(/C(N)=N/O)c(C)c1. The Balaban J connectivity index is 2.65. The predicted octanol–water partition coefficient (Wildman–Crippen LogP) is 2.28. The normalized spacial score (nSPS) is 12.5. The van der Waals surface area contributed by atoms with Crippen LogP contribution in [0.1, 0.15) is 31.4 Å². The van der Waals surface area contributed by atoms with Crippen LogP contribution in [0.2, 0.25) is 0 Å². The molecule has 0 aliphatic heterocycles. The van der Waals surface area contributed by atoms with E-state index >= 15 is 0 Å². The molecule has 1 rings (SSSR count). The zero-order valence-corrected chi connectivity index (χ0v) is 11.9. The highest BCUT2D eigenvalue weighted by Crippen LogP contribution is 2.19. The summed E-state index contributed by atoms with van der Waals surface area (Å²) in [4.78, 5) is 0. The fourth-order valence-corrected chi connectivity index (χ4v) is 1.58. The number of ether oxygens (including phenoxy) is 2. The van der Waals surface area contributed by atoms with Crippen LogP contribution >= 0.6 is 0 Å². The molecular weight excluding hydrogens is 244 g/mol. The Morgan fingerprint density at radius 2 is 2.11 bits per heavy atom. The highest BCUT2D eigenvalue weighted by Gasteiger charge is 2.16. The predicted molar refractivity (Wildman–Crippen MR) is 74.9 cm³/mol. The molecule has 0 aliphatic carbocycles. The first-order valence-electron chi connectivity index (χ1n) is 6.16. The third kappa shape index (κ3) is 4.44. The standard InChI is InChI=1S/C14H22N2O3/c1-10-9-11(5-6-12(10)13(15)16-17)19-8-7-14(2,3)18-4/h5-6,9,17H,7-8H2,1-4H3,(H2,15,16). The van der Waals surface area contributed by atoms with Crippen LogP contribution in [0.25, 0.3) is 0 Å². The Labute approximate surface area is 114 Å². The molecule has 0 unspecified atom stereocenters. The second kappa shape index (κ2) is 6.43. The molecule has 0 radical (unpaired) electrons. The Hall–Kier alpha value is -1.75. The summed E-state index contributed by atoms with van der Waals surface area (Å²) in [6.07, 6.45) is 0.796. The molecule has 0 saturated carbocycles. The van der Waals surface area contributed by atoms with Crippen molar-refractivity contribution in [2.45, 2.75) is 32.8 Å². The molecule has 5 nitrogen and oxygen atoms in total. The van der Waals surface area contributed by atoms with Gasteiger partial charge in [0.15, 0.2) is 5.84 Å². The molecule has 0 saturated heterocycles. The van der Waals surface area contributed by atoms with Crippen LogP contribution < -0.4 is 10.5 Å². The van der Waals surface area contributed by atoms with Crippen LogP contribution in [0.5, 0.6) is 5.75 Å². The molecule has 0 spiro atoms. The van der Waals surface area contributed by atoms with Crippen LogP contribution in [0.3, 0.4) is 0 Å². The van der Waals surface area contributed by atoms with Gasteiger partial charge in [-0.3, -0.25) is 0 Å². The zero-order chi connectivity index (χ0) is 14.5. The average Bonchev–Trinajstić information content (AvgIpc) is 2.38. The second-order valence-corrected chi connectivity index (χ2v) is 5.02. The number of oxime groups is 1. The first-order chi connectivity index (χ1) is 8.89. The lowest BCUT2D eigenvalue weighted by Crippen LogP contribution is -2.25. The Bertz CT molecular complexity index is 456. The summed E-state index contributed by atoms with van der Waals surface area (Å²) in [6, 6.07) is 5.45. The first-order valence-corrected chi connectivity index (χ1v) is 6.16. The molecule has 0 aliphatic rings. The van der Waals surface area contributed by atoms with Gasteiger partial charge in [0.05, 0.1) is 12.2 Å². The van der Waals surface area contributed by atoms with Gasteiger partial charge in [-0.25, -0.2) is 0 Å². The smallest absolute Gasteiger partial charge is 0.170 e. The molecule has 3 N–H and O–H groups in total. The number of aryl methyl sites for hydroxylation is 1. The lowest BCUT2D eigenvalue weighted by atomic mass is 10.1. The lowest BCUT2D eigenvalue weighted by molar-refractivity contribution is 0.00545. The maximum absolute atomic E-state index is 8.66. The molecule has 0 atom stereocenters. The van der Waals surface area contributed by atoms with Gasteiger partial charge in [0, 0.05) is 19.1 Å². The van der Waals surface area contributed by atoms with Crippen molar-refractivity contribution in [3.8, 4) is 5.75 Å². The summed E-state index contributed by atoms with van der Waals surface area (Å²) >= 11 is 0. The average molecular weight is 266 g/mol. The number of methoxy groups -OCH3 is 1. The van der Waals surface area contributed by atoms with E-state index in [1.54, 1.807) is 19.2 Å². The summed E-state index contributed by atoms with van der Waals surface area (Å²) in [5.41, 5.74) is 6.97. The van der Waals surface area contributed by atoms with Crippen LogP contribution in [0, 0.1) is 6.92 Å². The molecule has 0 aromatic heterocycles. The Morgan fingerprint density at radius 1 is 1.42 bits per heavy atom. The van der Waals surface area contributed by atoms with E-state index in [4.69, 9.17) is 20.4 Å². The van der Waals surface area contributed by atoms with E-state index in [0.29, 0.717) is 12.2 Å². The monoisotopic (exact) mass is 266 g/mol. The molecule has 0 amide bonds. The summed E-state index contributed by atoms with van der Waals surface area (Å²) < 4.78 is 11.0. The molecule has 106 valence electrons. The van der Waals surface area contributed by atoms with E-state index in [2.05, 4.69) is 5.16 Å². The maximum Gasteiger partial charge on any atom is 0.170 e. The molecular formula is C14H22N2O3. The molecule has 1 aromatic carbocycles. The number of rotatable bonds is 6. The molecule has 1 aromatic rings. The van der Waals surface area contributed by atoms with Gasteiger partial charge in [0.1, 0.15) is 5.75 Å². The van der Waals surface area contributed by atoms with E-state index < -0.39 is 0 Å². The number of amidine groups is 1. The largest absolute Gasteiger partial charge is 0.493 e. The molecule has 0 heterocycles. The highest BCUT2D eigenvalue weighted by molar-refractivity contribution is 5.98. The van der Waals surface area contributed by atoms with Crippen molar-refractivity contribution in [2.24, 2.45) is 10.9 Å². The summed E-state index contributed by atoms with van der Waals surface area (Å²) in [5, 5.41) is 11.6.